The fraction of sp³-hybridized carbons (Fsp3) is 0.462. The molecule has 0 spiro atoms. The molecule has 1 unspecified atom stereocenters. The predicted molar refractivity (Wildman–Crippen MR) is 67.9 cm³/mol. The maximum absolute atomic E-state index is 5.30. The number of nitrogens with zero attached hydrogens (tertiary/aromatic N) is 3. The number of nitrogens with one attached hydrogen (secondary N) is 1. The van der Waals surface area contributed by atoms with Crippen molar-refractivity contribution in [2.24, 2.45) is 0 Å². The Bertz CT molecular complexity index is 532. The van der Waals surface area contributed by atoms with Gasteiger partial charge in [0.05, 0.1) is 13.2 Å². The summed E-state index contributed by atoms with van der Waals surface area (Å²) in [6.07, 6.45) is 4.60. The molecular formula is C13H16N4O2. The lowest BCUT2D eigenvalue weighted by Crippen LogP contribution is -2.13. The molecule has 1 N–H and O–H groups in total. The zero-order chi connectivity index (χ0) is 13.1. The molecule has 0 radical (unpaired) electrons. The van der Waals surface area contributed by atoms with Gasteiger partial charge in [0.25, 0.3) is 0 Å². The van der Waals surface area contributed by atoms with Crippen LogP contribution >= 0.6 is 0 Å². The fourth-order valence-corrected chi connectivity index (χ4v) is 2.19. The van der Waals surface area contributed by atoms with Crippen molar-refractivity contribution in [1.82, 2.24) is 20.4 Å². The van der Waals surface area contributed by atoms with Crippen LogP contribution in [-0.2, 0) is 6.42 Å². The highest BCUT2D eigenvalue weighted by molar-refractivity contribution is 5.20. The van der Waals surface area contributed by atoms with Crippen molar-refractivity contribution >= 4 is 0 Å². The number of hydrogen-bond donors (Lipinski definition) is 1. The second-order valence-electron chi connectivity index (χ2n) is 4.58. The molecule has 1 aliphatic rings. The van der Waals surface area contributed by atoms with Crippen LogP contribution < -0.4 is 10.1 Å². The van der Waals surface area contributed by atoms with Crippen LogP contribution in [0.5, 0.6) is 5.88 Å². The highest BCUT2D eigenvalue weighted by atomic mass is 16.5. The summed E-state index contributed by atoms with van der Waals surface area (Å²) >= 11 is 0. The molecule has 1 atom stereocenters. The number of hydrogen-bond acceptors (Lipinski definition) is 6. The Morgan fingerprint density at radius 2 is 2.42 bits per heavy atom. The molecule has 0 aromatic carbocycles. The van der Waals surface area contributed by atoms with Crippen molar-refractivity contribution in [1.29, 1.82) is 0 Å². The molecule has 3 rings (SSSR count). The van der Waals surface area contributed by atoms with E-state index in [1.807, 2.05) is 12.1 Å². The maximum Gasteiger partial charge on any atom is 0.243 e. The van der Waals surface area contributed by atoms with Gasteiger partial charge in [0.2, 0.25) is 11.8 Å². The van der Waals surface area contributed by atoms with Crippen molar-refractivity contribution in [3.63, 3.8) is 0 Å². The van der Waals surface area contributed by atoms with Gasteiger partial charge in [0.15, 0.2) is 5.82 Å². The van der Waals surface area contributed by atoms with Crippen LogP contribution in [-0.4, -0.2) is 28.8 Å². The largest absolute Gasteiger partial charge is 0.481 e. The number of rotatable bonds is 4. The minimum absolute atomic E-state index is 0.218. The first-order valence-electron chi connectivity index (χ1n) is 6.40. The van der Waals surface area contributed by atoms with Crippen molar-refractivity contribution in [3.05, 3.63) is 35.6 Å². The molecule has 0 saturated carbocycles. The molecule has 0 bridgehead atoms. The number of methoxy groups -OCH3 is 1. The first-order valence-corrected chi connectivity index (χ1v) is 6.40. The minimum Gasteiger partial charge on any atom is -0.481 e. The van der Waals surface area contributed by atoms with Crippen LogP contribution in [0.3, 0.4) is 0 Å². The van der Waals surface area contributed by atoms with Gasteiger partial charge in [-0.2, -0.15) is 4.98 Å². The van der Waals surface area contributed by atoms with Crippen molar-refractivity contribution in [2.45, 2.75) is 25.3 Å². The van der Waals surface area contributed by atoms with E-state index in [2.05, 4.69) is 20.4 Å². The summed E-state index contributed by atoms with van der Waals surface area (Å²) < 4.78 is 10.3. The first-order chi connectivity index (χ1) is 9.35. The minimum atomic E-state index is 0.218. The lowest BCUT2D eigenvalue weighted by Gasteiger charge is -2.01. The Morgan fingerprint density at radius 1 is 1.47 bits per heavy atom. The smallest absolute Gasteiger partial charge is 0.243 e. The lowest BCUT2D eigenvalue weighted by atomic mass is 10.2. The van der Waals surface area contributed by atoms with Crippen LogP contribution in [0.15, 0.2) is 22.9 Å². The van der Waals surface area contributed by atoms with Crippen LogP contribution in [0.4, 0.5) is 0 Å². The standard InChI is InChI=1S/C13H16N4O2/c1-18-12-5-4-9(8-15-12)7-11-16-13(19-17-11)10-3-2-6-14-10/h4-5,8,10,14H,2-3,6-7H2,1H3. The average molecular weight is 260 g/mol. The van der Waals surface area contributed by atoms with Crippen molar-refractivity contribution < 1.29 is 9.26 Å². The predicted octanol–water partition coefficient (Wildman–Crippen LogP) is 1.49. The summed E-state index contributed by atoms with van der Waals surface area (Å²) in [6, 6.07) is 4.00. The quantitative estimate of drug-likeness (QED) is 0.897. The SMILES string of the molecule is COc1ccc(Cc2noc(C3CCCN3)n2)cn1. The monoisotopic (exact) mass is 260 g/mol. The first kappa shape index (κ1) is 12.1. The van der Waals surface area contributed by atoms with E-state index in [0.717, 1.165) is 24.9 Å². The third kappa shape index (κ3) is 2.73. The summed E-state index contributed by atoms with van der Waals surface area (Å²) in [5.74, 6) is 1.98. The van der Waals surface area contributed by atoms with Crippen LogP contribution in [0.25, 0.3) is 0 Å². The van der Waals surface area contributed by atoms with E-state index in [9.17, 15) is 0 Å². The Hall–Kier alpha value is -1.95. The second kappa shape index (κ2) is 5.36. The van der Waals surface area contributed by atoms with E-state index in [1.165, 1.54) is 0 Å². The van der Waals surface area contributed by atoms with E-state index in [0.29, 0.717) is 24.0 Å². The maximum atomic E-state index is 5.30. The zero-order valence-corrected chi connectivity index (χ0v) is 10.8. The van der Waals surface area contributed by atoms with Crippen LogP contribution in [0.2, 0.25) is 0 Å². The summed E-state index contributed by atoms with van der Waals surface area (Å²) in [7, 11) is 1.60. The van der Waals surface area contributed by atoms with E-state index < -0.39 is 0 Å². The van der Waals surface area contributed by atoms with Gasteiger partial charge in [-0.25, -0.2) is 4.98 Å². The molecule has 2 aromatic heterocycles. The highest BCUT2D eigenvalue weighted by Crippen LogP contribution is 2.21. The van der Waals surface area contributed by atoms with Gasteiger partial charge in [-0.3, -0.25) is 0 Å². The Kier molecular flexibility index (Phi) is 3.41. The third-order valence-electron chi connectivity index (χ3n) is 3.21. The zero-order valence-electron chi connectivity index (χ0n) is 10.8. The van der Waals surface area contributed by atoms with E-state index in [-0.39, 0.29) is 6.04 Å². The molecule has 19 heavy (non-hydrogen) atoms. The molecular weight excluding hydrogens is 244 g/mol. The summed E-state index contributed by atoms with van der Waals surface area (Å²) in [4.78, 5) is 8.59. The lowest BCUT2D eigenvalue weighted by molar-refractivity contribution is 0.341. The van der Waals surface area contributed by atoms with Crippen LogP contribution in [0, 0.1) is 0 Å². The van der Waals surface area contributed by atoms with Gasteiger partial charge in [0, 0.05) is 18.7 Å². The van der Waals surface area contributed by atoms with Gasteiger partial charge in [0.1, 0.15) is 0 Å². The van der Waals surface area contributed by atoms with Gasteiger partial charge in [-0.15, -0.1) is 0 Å². The molecule has 0 amide bonds. The molecule has 1 fully saturated rings. The Labute approximate surface area is 111 Å². The normalized spacial score (nSPS) is 18.7. The molecule has 1 saturated heterocycles. The van der Waals surface area contributed by atoms with Gasteiger partial charge >= 0.3 is 0 Å². The molecule has 3 heterocycles. The van der Waals surface area contributed by atoms with Crippen molar-refractivity contribution in [2.75, 3.05) is 13.7 Å². The summed E-state index contributed by atoms with van der Waals surface area (Å²) in [6.45, 7) is 1.02. The third-order valence-corrected chi connectivity index (χ3v) is 3.21. The van der Waals surface area contributed by atoms with Gasteiger partial charge in [-0.05, 0) is 24.9 Å². The molecule has 2 aromatic rings. The van der Waals surface area contributed by atoms with Crippen molar-refractivity contribution in [3.8, 4) is 5.88 Å². The van der Waals surface area contributed by atoms with Gasteiger partial charge in [-0.1, -0.05) is 11.2 Å². The number of ether oxygens (including phenoxy) is 1. The molecule has 0 aliphatic carbocycles. The Balaban J connectivity index is 1.68. The summed E-state index contributed by atoms with van der Waals surface area (Å²) in [5.41, 5.74) is 1.03. The molecule has 1 aliphatic heterocycles. The van der Waals surface area contributed by atoms with E-state index in [4.69, 9.17) is 9.26 Å². The topological polar surface area (TPSA) is 73.1 Å². The van der Waals surface area contributed by atoms with Gasteiger partial charge < -0.3 is 14.6 Å². The summed E-state index contributed by atoms with van der Waals surface area (Å²) in [5, 5.41) is 7.35. The Morgan fingerprint density at radius 3 is 3.11 bits per heavy atom. The highest BCUT2D eigenvalue weighted by Gasteiger charge is 2.22. The number of pyridine rings is 1. The number of aromatic nitrogens is 3. The average Bonchev–Trinajstić information content (AvgIpc) is 3.10. The van der Waals surface area contributed by atoms with E-state index in [1.54, 1.807) is 13.3 Å². The fourth-order valence-electron chi connectivity index (χ4n) is 2.19. The van der Waals surface area contributed by atoms with Crippen LogP contribution in [0.1, 0.15) is 36.2 Å². The molecule has 100 valence electrons. The molecule has 6 heteroatoms. The van der Waals surface area contributed by atoms with E-state index >= 15 is 0 Å². The second-order valence-corrected chi connectivity index (χ2v) is 4.58. The molecule has 6 nitrogen and oxygen atoms in total.